The molecule has 0 aromatic heterocycles. The summed E-state index contributed by atoms with van der Waals surface area (Å²) < 4.78 is 0. The minimum atomic E-state index is -0.324. The van der Waals surface area contributed by atoms with Crippen LogP contribution in [0.2, 0.25) is 0 Å². The van der Waals surface area contributed by atoms with Crippen LogP contribution in [-0.4, -0.2) is 41.9 Å². The summed E-state index contributed by atoms with van der Waals surface area (Å²) in [5.74, 6) is 0.306. The number of carbonyl (C=O) groups is 2. The lowest BCUT2D eigenvalue weighted by Crippen LogP contribution is -2.49. The van der Waals surface area contributed by atoms with Crippen LogP contribution in [0.4, 0.5) is 0 Å². The molecular formula is C16H31N3O2. The van der Waals surface area contributed by atoms with Crippen LogP contribution in [0.15, 0.2) is 0 Å². The molecule has 1 aliphatic heterocycles. The molecule has 0 saturated carbocycles. The first-order valence-electron chi connectivity index (χ1n) is 8.04. The van der Waals surface area contributed by atoms with Crippen molar-refractivity contribution in [3.8, 4) is 0 Å². The molecule has 122 valence electrons. The summed E-state index contributed by atoms with van der Waals surface area (Å²) in [7, 11) is 0. The number of piperidine rings is 1. The molecule has 2 amide bonds. The number of nitrogens with two attached hydrogens (primary N) is 1. The maximum atomic E-state index is 12.2. The zero-order chi connectivity index (χ0) is 16.0. The van der Waals surface area contributed by atoms with Gasteiger partial charge in [0.05, 0.1) is 0 Å². The van der Waals surface area contributed by atoms with Crippen LogP contribution < -0.4 is 11.1 Å². The fourth-order valence-corrected chi connectivity index (χ4v) is 2.59. The molecule has 0 aliphatic carbocycles. The van der Waals surface area contributed by atoms with E-state index in [1.807, 2.05) is 32.6 Å². The van der Waals surface area contributed by atoms with Gasteiger partial charge >= 0.3 is 0 Å². The van der Waals surface area contributed by atoms with Crippen molar-refractivity contribution in [2.75, 3.05) is 13.1 Å². The van der Waals surface area contributed by atoms with Crippen molar-refractivity contribution in [1.29, 1.82) is 0 Å². The Hall–Kier alpha value is -1.10. The third kappa shape index (κ3) is 6.46. The monoisotopic (exact) mass is 297 g/mol. The van der Waals surface area contributed by atoms with Crippen molar-refractivity contribution in [1.82, 2.24) is 10.2 Å². The second-order valence-electron chi connectivity index (χ2n) is 7.25. The quantitative estimate of drug-likeness (QED) is 0.810. The Kier molecular flexibility index (Phi) is 6.65. The molecule has 1 saturated heterocycles. The van der Waals surface area contributed by atoms with Gasteiger partial charge in [0.2, 0.25) is 11.8 Å². The molecule has 1 rings (SSSR count). The van der Waals surface area contributed by atoms with E-state index in [0.29, 0.717) is 6.42 Å². The highest BCUT2D eigenvalue weighted by atomic mass is 16.2. The number of nitrogens with one attached hydrogen (secondary N) is 1. The van der Waals surface area contributed by atoms with E-state index in [-0.39, 0.29) is 29.3 Å². The third-order valence-corrected chi connectivity index (χ3v) is 3.85. The first kappa shape index (κ1) is 18.0. The molecule has 1 fully saturated rings. The zero-order valence-electron chi connectivity index (χ0n) is 13.9. The molecule has 0 spiro atoms. The van der Waals surface area contributed by atoms with Crippen molar-refractivity contribution in [3.05, 3.63) is 0 Å². The van der Waals surface area contributed by atoms with Crippen LogP contribution in [0.3, 0.4) is 0 Å². The minimum absolute atomic E-state index is 0.108. The lowest BCUT2D eigenvalue weighted by atomic mass is 9.93. The Morgan fingerprint density at radius 3 is 2.33 bits per heavy atom. The van der Waals surface area contributed by atoms with Gasteiger partial charge in [-0.05, 0) is 32.6 Å². The zero-order valence-corrected chi connectivity index (χ0v) is 13.9. The Balaban J connectivity index is 2.27. The van der Waals surface area contributed by atoms with Crippen LogP contribution >= 0.6 is 0 Å². The van der Waals surface area contributed by atoms with Gasteiger partial charge in [-0.25, -0.2) is 0 Å². The van der Waals surface area contributed by atoms with Gasteiger partial charge in [0, 0.05) is 37.0 Å². The van der Waals surface area contributed by atoms with Crippen LogP contribution in [-0.2, 0) is 9.59 Å². The smallest absolute Gasteiger partial charge is 0.227 e. The lowest BCUT2D eigenvalue weighted by Gasteiger charge is -2.36. The average molecular weight is 297 g/mol. The molecule has 1 atom stereocenters. The van der Waals surface area contributed by atoms with Gasteiger partial charge in [-0.2, -0.15) is 0 Å². The number of nitrogens with zero attached hydrogens (tertiary/aromatic N) is 1. The molecule has 1 unspecified atom stereocenters. The van der Waals surface area contributed by atoms with E-state index in [1.165, 1.54) is 0 Å². The molecule has 0 radical (unpaired) electrons. The fraction of sp³-hybridized carbons (Fsp3) is 0.875. The second-order valence-corrected chi connectivity index (χ2v) is 7.25. The van der Waals surface area contributed by atoms with Gasteiger partial charge in [-0.1, -0.05) is 20.8 Å². The molecule has 5 nitrogen and oxygen atoms in total. The summed E-state index contributed by atoms with van der Waals surface area (Å²) in [6, 6.07) is 0.362. The Morgan fingerprint density at radius 2 is 1.86 bits per heavy atom. The Morgan fingerprint density at radius 1 is 1.29 bits per heavy atom. The Bertz CT molecular complexity index is 353. The normalized spacial score (nSPS) is 18.4. The van der Waals surface area contributed by atoms with Crippen molar-refractivity contribution in [3.63, 3.8) is 0 Å². The van der Waals surface area contributed by atoms with E-state index in [0.717, 1.165) is 38.8 Å². The SMILES string of the molecule is CC(N)CCCC(=O)NC1CCN(C(=O)C(C)(C)C)CC1. The maximum absolute atomic E-state index is 12.2. The van der Waals surface area contributed by atoms with Crippen LogP contribution in [0.5, 0.6) is 0 Å². The summed E-state index contributed by atoms with van der Waals surface area (Å²) >= 11 is 0. The molecule has 3 N–H and O–H groups in total. The summed E-state index contributed by atoms with van der Waals surface area (Å²) in [5.41, 5.74) is 5.35. The fourth-order valence-electron chi connectivity index (χ4n) is 2.59. The summed E-state index contributed by atoms with van der Waals surface area (Å²) in [5, 5.41) is 3.07. The van der Waals surface area contributed by atoms with Crippen molar-refractivity contribution < 1.29 is 9.59 Å². The van der Waals surface area contributed by atoms with Crippen molar-refractivity contribution in [2.45, 2.75) is 71.9 Å². The molecule has 0 bridgehead atoms. The van der Waals surface area contributed by atoms with Crippen LogP contribution in [0.1, 0.15) is 59.8 Å². The maximum Gasteiger partial charge on any atom is 0.227 e. The van der Waals surface area contributed by atoms with Gasteiger partial charge in [-0.15, -0.1) is 0 Å². The topological polar surface area (TPSA) is 75.4 Å². The Labute approximate surface area is 128 Å². The predicted octanol–water partition coefficient (Wildman–Crippen LogP) is 1.66. The number of amides is 2. The minimum Gasteiger partial charge on any atom is -0.353 e. The predicted molar refractivity (Wildman–Crippen MR) is 84.7 cm³/mol. The summed E-state index contributed by atoms with van der Waals surface area (Å²) in [6.45, 7) is 9.27. The van der Waals surface area contributed by atoms with Gasteiger partial charge < -0.3 is 16.0 Å². The molecular weight excluding hydrogens is 266 g/mol. The van der Waals surface area contributed by atoms with E-state index < -0.39 is 0 Å². The number of carbonyl (C=O) groups excluding carboxylic acids is 2. The average Bonchev–Trinajstić information content (AvgIpc) is 2.37. The molecule has 1 heterocycles. The number of rotatable bonds is 5. The third-order valence-electron chi connectivity index (χ3n) is 3.85. The highest BCUT2D eigenvalue weighted by Crippen LogP contribution is 2.21. The standard InChI is InChI=1S/C16H31N3O2/c1-12(17)6-5-7-14(20)18-13-8-10-19(11-9-13)15(21)16(2,3)4/h12-13H,5-11,17H2,1-4H3,(H,18,20). The summed E-state index contributed by atoms with van der Waals surface area (Å²) in [4.78, 5) is 25.9. The number of hydrogen-bond donors (Lipinski definition) is 2. The highest BCUT2D eigenvalue weighted by molar-refractivity contribution is 5.81. The van der Waals surface area contributed by atoms with Gasteiger partial charge in [-0.3, -0.25) is 9.59 Å². The molecule has 5 heteroatoms. The first-order valence-corrected chi connectivity index (χ1v) is 8.04. The van der Waals surface area contributed by atoms with Crippen LogP contribution in [0, 0.1) is 5.41 Å². The van der Waals surface area contributed by atoms with Crippen LogP contribution in [0.25, 0.3) is 0 Å². The summed E-state index contributed by atoms with van der Waals surface area (Å²) in [6.07, 6.45) is 3.96. The number of likely N-dealkylation sites (tertiary alicyclic amines) is 1. The van der Waals surface area contributed by atoms with Crippen molar-refractivity contribution in [2.24, 2.45) is 11.1 Å². The lowest BCUT2D eigenvalue weighted by molar-refractivity contribution is -0.140. The largest absolute Gasteiger partial charge is 0.353 e. The van der Waals surface area contributed by atoms with Crippen molar-refractivity contribution >= 4 is 11.8 Å². The first-order chi connectivity index (χ1) is 9.70. The van der Waals surface area contributed by atoms with E-state index in [2.05, 4.69) is 5.32 Å². The van der Waals surface area contributed by atoms with Gasteiger partial charge in [0.1, 0.15) is 0 Å². The van der Waals surface area contributed by atoms with E-state index >= 15 is 0 Å². The molecule has 0 aromatic carbocycles. The van der Waals surface area contributed by atoms with E-state index in [9.17, 15) is 9.59 Å². The molecule has 0 aromatic rings. The van der Waals surface area contributed by atoms with Gasteiger partial charge in [0.25, 0.3) is 0 Å². The molecule has 21 heavy (non-hydrogen) atoms. The molecule has 1 aliphatic rings. The second kappa shape index (κ2) is 7.78. The highest BCUT2D eigenvalue weighted by Gasteiger charge is 2.30. The van der Waals surface area contributed by atoms with E-state index in [1.54, 1.807) is 0 Å². The van der Waals surface area contributed by atoms with E-state index in [4.69, 9.17) is 5.73 Å². The number of hydrogen-bond acceptors (Lipinski definition) is 3. The van der Waals surface area contributed by atoms with Gasteiger partial charge in [0.15, 0.2) is 0 Å².